The monoisotopic (exact) mass is 332 g/mol. The third kappa shape index (κ3) is 3.16. The van der Waals surface area contributed by atoms with E-state index in [9.17, 15) is 9.18 Å². The van der Waals surface area contributed by atoms with Crippen LogP contribution in [0.5, 0.6) is 0 Å². The highest BCUT2D eigenvalue weighted by molar-refractivity contribution is 7.14. The van der Waals surface area contributed by atoms with Crippen LogP contribution in [0.3, 0.4) is 0 Å². The van der Waals surface area contributed by atoms with Crippen molar-refractivity contribution in [3.05, 3.63) is 70.3 Å². The van der Waals surface area contributed by atoms with Gasteiger partial charge >= 0.3 is 0 Å². The number of rotatable bonds is 3. The van der Waals surface area contributed by atoms with Crippen molar-refractivity contribution in [2.75, 3.05) is 5.32 Å². The maximum absolute atomic E-state index is 13.1. The van der Waals surface area contributed by atoms with Crippen molar-refractivity contribution in [3.8, 4) is 11.3 Å². The zero-order chi connectivity index (χ0) is 15.5. The number of carbonyl (C=O) groups excluding carboxylic acids is 1. The Morgan fingerprint density at radius 3 is 2.77 bits per heavy atom. The molecule has 1 aromatic heterocycles. The fourth-order valence-electron chi connectivity index (χ4n) is 1.92. The van der Waals surface area contributed by atoms with Crippen LogP contribution in [0.4, 0.5) is 9.52 Å². The third-order valence-corrected chi connectivity index (χ3v) is 4.05. The Morgan fingerprint density at radius 1 is 1.18 bits per heavy atom. The number of halogens is 2. The Bertz CT molecular complexity index is 834. The van der Waals surface area contributed by atoms with Crippen molar-refractivity contribution in [3.63, 3.8) is 0 Å². The van der Waals surface area contributed by atoms with E-state index in [0.717, 1.165) is 5.56 Å². The first-order chi connectivity index (χ1) is 10.6. The molecule has 2 aromatic carbocycles. The van der Waals surface area contributed by atoms with Gasteiger partial charge < -0.3 is 0 Å². The summed E-state index contributed by atoms with van der Waals surface area (Å²) in [6.07, 6.45) is 0. The minimum Gasteiger partial charge on any atom is -0.298 e. The minimum absolute atomic E-state index is 0.245. The number of amides is 1. The van der Waals surface area contributed by atoms with Gasteiger partial charge in [0.05, 0.1) is 5.69 Å². The normalized spacial score (nSPS) is 10.5. The maximum atomic E-state index is 13.1. The lowest BCUT2D eigenvalue weighted by Crippen LogP contribution is -2.11. The van der Waals surface area contributed by atoms with E-state index in [-0.39, 0.29) is 5.56 Å². The molecule has 0 aliphatic rings. The van der Waals surface area contributed by atoms with E-state index in [1.165, 1.54) is 29.5 Å². The van der Waals surface area contributed by atoms with Crippen LogP contribution < -0.4 is 5.32 Å². The summed E-state index contributed by atoms with van der Waals surface area (Å²) in [5, 5.41) is 5.49. The molecule has 6 heteroatoms. The van der Waals surface area contributed by atoms with Crippen LogP contribution in [0.15, 0.2) is 53.9 Å². The fraction of sp³-hybridized carbons (Fsp3) is 0. The van der Waals surface area contributed by atoms with E-state index in [2.05, 4.69) is 10.3 Å². The molecule has 0 unspecified atom stereocenters. The number of carbonyl (C=O) groups is 1. The van der Waals surface area contributed by atoms with E-state index in [1.54, 1.807) is 12.1 Å². The summed E-state index contributed by atoms with van der Waals surface area (Å²) in [5.74, 6) is -0.858. The lowest BCUT2D eigenvalue weighted by Gasteiger charge is -2.02. The van der Waals surface area contributed by atoms with Gasteiger partial charge in [-0.3, -0.25) is 10.1 Å². The molecule has 0 atom stereocenters. The summed E-state index contributed by atoms with van der Waals surface area (Å²) in [5.41, 5.74) is 1.73. The molecule has 0 aliphatic carbocycles. The van der Waals surface area contributed by atoms with Gasteiger partial charge in [0, 0.05) is 21.5 Å². The van der Waals surface area contributed by atoms with Gasteiger partial charge in [-0.1, -0.05) is 35.9 Å². The average molecular weight is 333 g/mol. The van der Waals surface area contributed by atoms with Crippen molar-refractivity contribution in [2.45, 2.75) is 0 Å². The lowest BCUT2D eigenvalue weighted by molar-refractivity contribution is 0.102. The third-order valence-electron chi connectivity index (χ3n) is 2.96. The lowest BCUT2D eigenvalue weighted by atomic mass is 10.2. The molecule has 0 spiro atoms. The molecule has 3 aromatic rings. The van der Waals surface area contributed by atoms with Gasteiger partial charge in [-0.05, 0) is 24.3 Å². The molecule has 3 rings (SSSR count). The number of anilines is 1. The highest BCUT2D eigenvalue weighted by atomic mass is 35.5. The van der Waals surface area contributed by atoms with Crippen molar-refractivity contribution in [2.24, 2.45) is 0 Å². The van der Waals surface area contributed by atoms with Gasteiger partial charge in [0.15, 0.2) is 5.13 Å². The van der Waals surface area contributed by atoms with Crippen molar-refractivity contribution in [1.82, 2.24) is 4.98 Å². The topological polar surface area (TPSA) is 42.0 Å². The first-order valence-corrected chi connectivity index (χ1v) is 7.66. The Hall–Kier alpha value is -2.24. The summed E-state index contributed by atoms with van der Waals surface area (Å²) in [6.45, 7) is 0. The maximum Gasteiger partial charge on any atom is 0.257 e. The first-order valence-electron chi connectivity index (χ1n) is 6.41. The molecular weight excluding hydrogens is 323 g/mol. The fourth-order valence-corrected chi connectivity index (χ4v) is 2.86. The van der Waals surface area contributed by atoms with E-state index in [4.69, 9.17) is 11.6 Å². The van der Waals surface area contributed by atoms with Crippen LogP contribution in [0, 0.1) is 5.82 Å². The number of nitrogens with one attached hydrogen (secondary N) is 1. The predicted molar refractivity (Wildman–Crippen MR) is 86.9 cm³/mol. The molecule has 110 valence electrons. The highest BCUT2D eigenvalue weighted by Gasteiger charge is 2.11. The highest BCUT2D eigenvalue weighted by Crippen LogP contribution is 2.30. The van der Waals surface area contributed by atoms with Gasteiger partial charge in [-0.15, -0.1) is 11.3 Å². The molecule has 0 radical (unpaired) electrons. The Kier molecular flexibility index (Phi) is 4.18. The summed E-state index contributed by atoms with van der Waals surface area (Å²) in [4.78, 5) is 16.4. The molecule has 1 heterocycles. The molecule has 1 N–H and O–H groups in total. The van der Waals surface area contributed by atoms with Crippen molar-refractivity contribution in [1.29, 1.82) is 0 Å². The number of aromatic nitrogens is 1. The summed E-state index contributed by atoms with van der Waals surface area (Å²) >= 11 is 7.41. The van der Waals surface area contributed by atoms with Crippen LogP contribution in [0.1, 0.15) is 10.4 Å². The second kappa shape index (κ2) is 6.25. The largest absolute Gasteiger partial charge is 0.298 e. The first kappa shape index (κ1) is 14.7. The molecule has 3 nitrogen and oxygen atoms in total. The number of hydrogen-bond donors (Lipinski definition) is 1. The molecule has 0 saturated heterocycles. The molecule has 22 heavy (non-hydrogen) atoms. The van der Waals surface area contributed by atoms with Crippen LogP contribution in [-0.2, 0) is 0 Å². The number of thiazole rings is 1. The molecule has 1 amide bonds. The van der Waals surface area contributed by atoms with Gasteiger partial charge in [0.2, 0.25) is 0 Å². The van der Waals surface area contributed by atoms with E-state index < -0.39 is 11.7 Å². The molecular formula is C16H10ClFN2OS. The predicted octanol–water partition coefficient (Wildman–Crippen LogP) is 4.85. The standard InChI is InChI=1S/C16H10ClFN2OS/c17-13-7-2-1-6-12(13)14-9-22-16(19-14)20-15(21)10-4-3-5-11(18)8-10/h1-9H,(H,19,20,21). The van der Waals surface area contributed by atoms with Gasteiger partial charge in [0.25, 0.3) is 5.91 Å². The SMILES string of the molecule is O=C(Nc1nc(-c2ccccc2Cl)cs1)c1cccc(F)c1. The summed E-state index contributed by atoms with van der Waals surface area (Å²) in [6, 6.07) is 12.8. The number of nitrogens with zero attached hydrogens (tertiary/aromatic N) is 1. The number of benzene rings is 2. The van der Waals surface area contributed by atoms with Gasteiger partial charge in [0.1, 0.15) is 5.82 Å². The molecule has 0 aliphatic heterocycles. The van der Waals surface area contributed by atoms with Crippen LogP contribution in [0.25, 0.3) is 11.3 Å². The van der Waals surface area contributed by atoms with Crippen molar-refractivity contribution >= 4 is 34.0 Å². The average Bonchev–Trinajstić information content (AvgIpc) is 2.96. The van der Waals surface area contributed by atoms with Crippen molar-refractivity contribution < 1.29 is 9.18 Å². The van der Waals surface area contributed by atoms with E-state index >= 15 is 0 Å². The van der Waals surface area contributed by atoms with Crippen LogP contribution in [-0.4, -0.2) is 10.9 Å². The zero-order valence-electron chi connectivity index (χ0n) is 11.2. The smallest absolute Gasteiger partial charge is 0.257 e. The number of hydrogen-bond acceptors (Lipinski definition) is 3. The second-order valence-corrected chi connectivity index (χ2v) is 5.75. The second-order valence-electron chi connectivity index (χ2n) is 4.48. The Labute approximate surface area is 135 Å². The summed E-state index contributed by atoms with van der Waals surface area (Å²) < 4.78 is 13.1. The minimum atomic E-state index is -0.455. The molecule has 0 bridgehead atoms. The quantitative estimate of drug-likeness (QED) is 0.744. The Balaban J connectivity index is 1.80. The Morgan fingerprint density at radius 2 is 2.00 bits per heavy atom. The van der Waals surface area contributed by atoms with Crippen LogP contribution >= 0.6 is 22.9 Å². The summed E-state index contributed by atoms with van der Waals surface area (Å²) in [7, 11) is 0. The molecule has 0 fully saturated rings. The van der Waals surface area contributed by atoms with Crippen LogP contribution in [0.2, 0.25) is 5.02 Å². The van der Waals surface area contributed by atoms with Gasteiger partial charge in [-0.2, -0.15) is 0 Å². The zero-order valence-corrected chi connectivity index (χ0v) is 12.8. The van der Waals surface area contributed by atoms with E-state index in [1.807, 2.05) is 23.6 Å². The molecule has 0 saturated carbocycles. The van der Waals surface area contributed by atoms with Gasteiger partial charge in [-0.25, -0.2) is 9.37 Å². The van der Waals surface area contributed by atoms with E-state index in [0.29, 0.717) is 15.8 Å².